The van der Waals surface area contributed by atoms with Gasteiger partial charge >= 0.3 is 0 Å². The molecule has 0 amide bonds. The molecule has 7 nitrogen and oxygen atoms in total. The molecular formula is C17H20N6O. The minimum Gasteiger partial charge on any atom is -0.461 e. The second-order valence-electron chi connectivity index (χ2n) is 5.35. The molecule has 3 N–H and O–H groups in total. The maximum atomic E-state index is 5.27. The van der Waals surface area contributed by atoms with Crippen molar-refractivity contribution in [1.29, 1.82) is 0 Å². The number of aromatic amines is 1. The van der Waals surface area contributed by atoms with Crippen LogP contribution in [0.4, 0.5) is 0 Å². The number of benzene rings is 1. The van der Waals surface area contributed by atoms with Gasteiger partial charge in [-0.2, -0.15) is 0 Å². The molecule has 2 aromatic heterocycles. The van der Waals surface area contributed by atoms with Crippen LogP contribution < -0.4 is 10.6 Å². The number of hydrogen-bond acceptors (Lipinski definition) is 4. The standard InChI is InChI=1S/C17H20N6O/c1-12-5-7-13(8-6-12)10-19-17(18-2)20-11-15-21-16(23-22-15)14-4-3-9-24-14/h3-9H,10-11H2,1-2H3,(H2,18,19,20)(H,21,22,23). The van der Waals surface area contributed by atoms with E-state index in [1.54, 1.807) is 19.4 Å². The van der Waals surface area contributed by atoms with E-state index in [4.69, 9.17) is 4.42 Å². The van der Waals surface area contributed by atoms with Gasteiger partial charge in [-0.15, -0.1) is 5.10 Å². The van der Waals surface area contributed by atoms with Gasteiger partial charge in [0.2, 0.25) is 5.82 Å². The second-order valence-corrected chi connectivity index (χ2v) is 5.35. The monoisotopic (exact) mass is 324 g/mol. The van der Waals surface area contributed by atoms with Crippen molar-refractivity contribution in [1.82, 2.24) is 25.8 Å². The van der Waals surface area contributed by atoms with Gasteiger partial charge in [0.15, 0.2) is 11.7 Å². The fourth-order valence-corrected chi connectivity index (χ4v) is 2.17. The number of nitrogens with zero attached hydrogens (tertiary/aromatic N) is 3. The van der Waals surface area contributed by atoms with Gasteiger partial charge in [-0.05, 0) is 24.6 Å². The first-order chi connectivity index (χ1) is 11.7. The lowest BCUT2D eigenvalue weighted by Crippen LogP contribution is -2.36. The number of aromatic nitrogens is 3. The largest absolute Gasteiger partial charge is 0.461 e. The van der Waals surface area contributed by atoms with Gasteiger partial charge in [-0.1, -0.05) is 29.8 Å². The molecular weight excluding hydrogens is 304 g/mol. The van der Waals surface area contributed by atoms with Crippen LogP contribution in [-0.2, 0) is 13.1 Å². The van der Waals surface area contributed by atoms with E-state index in [9.17, 15) is 0 Å². The van der Waals surface area contributed by atoms with E-state index >= 15 is 0 Å². The summed E-state index contributed by atoms with van der Waals surface area (Å²) in [5, 5.41) is 13.5. The first-order valence-electron chi connectivity index (χ1n) is 7.70. The molecule has 124 valence electrons. The minimum absolute atomic E-state index is 0.487. The second kappa shape index (κ2) is 7.45. The van der Waals surface area contributed by atoms with Crippen LogP contribution >= 0.6 is 0 Å². The van der Waals surface area contributed by atoms with Gasteiger partial charge in [-0.3, -0.25) is 10.1 Å². The third-order valence-corrected chi connectivity index (χ3v) is 3.50. The molecule has 0 saturated heterocycles. The first kappa shape index (κ1) is 15.8. The summed E-state index contributed by atoms with van der Waals surface area (Å²) in [6.07, 6.45) is 1.60. The number of aliphatic imine (C=N–C) groups is 1. The summed E-state index contributed by atoms with van der Waals surface area (Å²) in [6.45, 7) is 3.27. The maximum absolute atomic E-state index is 5.27. The Morgan fingerprint density at radius 3 is 2.67 bits per heavy atom. The average Bonchev–Trinajstić information content (AvgIpc) is 3.28. The molecule has 0 aliphatic rings. The lowest BCUT2D eigenvalue weighted by molar-refractivity contribution is 0.577. The number of nitrogens with one attached hydrogen (secondary N) is 3. The molecule has 0 atom stereocenters. The Kier molecular flexibility index (Phi) is 4.90. The zero-order valence-electron chi connectivity index (χ0n) is 13.7. The molecule has 1 aromatic carbocycles. The van der Waals surface area contributed by atoms with E-state index in [0.29, 0.717) is 36.5 Å². The van der Waals surface area contributed by atoms with Crippen LogP contribution in [0.3, 0.4) is 0 Å². The van der Waals surface area contributed by atoms with E-state index in [1.807, 2.05) is 6.07 Å². The predicted molar refractivity (Wildman–Crippen MR) is 92.3 cm³/mol. The molecule has 0 bridgehead atoms. The number of furan rings is 1. The highest BCUT2D eigenvalue weighted by atomic mass is 16.3. The normalized spacial score (nSPS) is 11.5. The average molecular weight is 324 g/mol. The van der Waals surface area contributed by atoms with Crippen molar-refractivity contribution >= 4 is 5.96 Å². The fraction of sp³-hybridized carbons (Fsp3) is 0.235. The molecule has 0 radical (unpaired) electrons. The van der Waals surface area contributed by atoms with Crippen LogP contribution in [0.5, 0.6) is 0 Å². The summed E-state index contributed by atoms with van der Waals surface area (Å²) in [5.41, 5.74) is 2.45. The van der Waals surface area contributed by atoms with Gasteiger partial charge in [0.05, 0.1) is 12.8 Å². The highest BCUT2D eigenvalue weighted by molar-refractivity contribution is 5.79. The van der Waals surface area contributed by atoms with E-state index < -0.39 is 0 Å². The van der Waals surface area contributed by atoms with E-state index in [0.717, 1.165) is 0 Å². The summed E-state index contributed by atoms with van der Waals surface area (Å²) in [4.78, 5) is 8.59. The first-order valence-corrected chi connectivity index (χ1v) is 7.70. The quantitative estimate of drug-likeness (QED) is 0.494. The molecule has 0 aliphatic heterocycles. The molecule has 0 spiro atoms. The van der Waals surface area contributed by atoms with Crippen LogP contribution in [-0.4, -0.2) is 28.2 Å². The molecule has 0 saturated carbocycles. The Labute approximate surface area is 140 Å². The summed E-state index contributed by atoms with van der Waals surface area (Å²) >= 11 is 0. The maximum Gasteiger partial charge on any atom is 0.216 e. The minimum atomic E-state index is 0.487. The molecule has 3 rings (SSSR count). The van der Waals surface area contributed by atoms with Crippen LogP contribution in [0.2, 0.25) is 0 Å². The van der Waals surface area contributed by atoms with Crippen molar-refractivity contribution < 1.29 is 4.42 Å². The van der Waals surface area contributed by atoms with Crippen LogP contribution in [0.25, 0.3) is 11.6 Å². The summed E-state index contributed by atoms with van der Waals surface area (Å²) in [7, 11) is 1.74. The van der Waals surface area contributed by atoms with E-state index in [-0.39, 0.29) is 0 Å². The molecule has 24 heavy (non-hydrogen) atoms. The number of H-pyrrole nitrogens is 1. The number of guanidine groups is 1. The van der Waals surface area contributed by atoms with Crippen molar-refractivity contribution in [3.05, 3.63) is 59.6 Å². The fourth-order valence-electron chi connectivity index (χ4n) is 2.17. The van der Waals surface area contributed by atoms with E-state index in [1.165, 1.54) is 11.1 Å². The van der Waals surface area contributed by atoms with Crippen LogP contribution in [0.15, 0.2) is 52.1 Å². The van der Waals surface area contributed by atoms with Gasteiger partial charge in [0.1, 0.15) is 5.82 Å². The molecule has 0 unspecified atom stereocenters. The number of rotatable bonds is 5. The van der Waals surface area contributed by atoms with Crippen molar-refractivity contribution in [2.45, 2.75) is 20.0 Å². The van der Waals surface area contributed by atoms with Gasteiger partial charge in [0.25, 0.3) is 0 Å². The van der Waals surface area contributed by atoms with Crippen molar-refractivity contribution in [2.24, 2.45) is 4.99 Å². The Hall–Kier alpha value is -3.09. The van der Waals surface area contributed by atoms with Gasteiger partial charge < -0.3 is 15.1 Å². The third kappa shape index (κ3) is 4.01. The number of hydrogen-bond donors (Lipinski definition) is 3. The van der Waals surface area contributed by atoms with Gasteiger partial charge in [-0.25, -0.2) is 4.98 Å². The summed E-state index contributed by atoms with van der Waals surface area (Å²) in [5.74, 6) is 2.59. The third-order valence-electron chi connectivity index (χ3n) is 3.50. The van der Waals surface area contributed by atoms with Gasteiger partial charge in [0, 0.05) is 13.6 Å². The topological polar surface area (TPSA) is 91.1 Å². The van der Waals surface area contributed by atoms with Crippen molar-refractivity contribution in [2.75, 3.05) is 7.05 Å². The summed E-state index contributed by atoms with van der Waals surface area (Å²) in [6, 6.07) is 12.0. The lowest BCUT2D eigenvalue weighted by Gasteiger charge is -2.11. The zero-order chi connectivity index (χ0) is 16.8. The molecule has 0 aliphatic carbocycles. The van der Waals surface area contributed by atoms with Crippen molar-refractivity contribution in [3.63, 3.8) is 0 Å². The molecule has 7 heteroatoms. The Morgan fingerprint density at radius 2 is 1.96 bits per heavy atom. The molecule has 0 fully saturated rings. The predicted octanol–water partition coefficient (Wildman–Crippen LogP) is 2.24. The molecule has 3 aromatic rings. The Balaban J connectivity index is 1.52. The Morgan fingerprint density at radius 1 is 1.17 bits per heavy atom. The van der Waals surface area contributed by atoms with Crippen LogP contribution in [0.1, 0.15) is 17.0 Å². The molecule has 2 heterocycles. The highest BCUT2D eigenvalue weighted by Gasteiger charge is 2.08. The lowest BCUT2D eigenvalue weighted by atomic mass is 10.1. The van der Waals surface area contributed by atoms with Crippen molar-refractivity contribution in [3.8, 4) is 11.6 Å². The summed E-state index contributed by atoms with van der Waals surface area (Å²) < 4.78 is 5.27. The Bertz CT molecular complexity index is 789. The highest BCUT2D eigenvalue weighted by Crippen LogP contribution is 2.14. The van der Waals surface area contributed by atoms with E-state index in [2.05, 4.69) is 62.0 Å². The SMILES string of the molecule is CN=C(NCc1ccc(C)cc1)NCc1nc(-c2ccco2)n[nH]1. The zero-order valence-corrected chi connectivity index (χ0v) is 13.7. The smallest absolute Gasteiger partial charge is 0.216 e. The number of aryl methyl sites for hydroxylation is 1. The van der Waals surface area contributed by atoms with Crippen LogP contribution in [0, 0.1) is 6.92 Å².